The van der Waals surface area contributed by atoms with Gasteiger partial charge in [0.15, 0.2) is 11.1 Å². The Morgan fingerprint density at radius 2 is 1.94 bits per heavy atom. The van der Waals surface area contributed by atoms with Crippen molar-refractivity contribution in [3.63, 3.8) is 0 Å². The van der Waals surface area contributed by atoms with E-state index in [9.17, 15) is 9.59 Å². The predicted molar refractivity (Wildman–Crippen MR) is 72.4 cm³/mol. The summed E-state index contributed by atoms with van der Waals surface area (Å²) < 4.78 is 5.47. The number of rotatable bonds is 6. The first kappa shape index (κ1) is 13.9. The third-order valence-corrected chi connectivity index (χ3v) is 4.34. The number of ketones is 1. The smallest absolute Gasteiger partial charge is 0.200 e. The lowest BCUT2D eigenvalue weighted by molar-refractivity contribution is 0.0702. The summed E-state index contributed by atoms with van der Waals surface area (Å²) in [6.07, 6.45) is 3.59. The van der Waals surface area contributed by atoms with Crippen molar-refractivity contribution in [3.05, 3.63) is 35.9 Å². The third kappa shape index (κ3) is 3.41. The summed E-state index contributed by atoms with van der Waals surface area (Å²) in [5, 5.41) is 0. The monoisotopic (exact) mass is 254 g/mol. The molecule has 0 bridgehead atoms. The van der Waals surface area contributed by atoms with Gasteiger partial charge in [-0.3, -0.25) is 9.59 Å². The van der Waals surface area contributed by atoms with Crippen LogP contribution < -0.4 is 0 Å². The van der Waals surface area contributed by atoms with Gasteiger partial charge in [-0.25, -0.2) is 0 Å². The van der Waals surface area contributed by atoms with Crippen molar-refractivity contribution in [2.45, 2.75) is 12.4 Å². The molecule has 4 heteroatoms. The fraction of sp³-hybridized carbons (Fsp3) is 0.385. The summed E-state index contributed by atoms with van der Waals surface area (Å²) in [5.74, 6) is -0.112. The molecule has 94 valence electrons. The van der Waals surface area contributed by atoms with E-state index in [4.69, 9.17) is 4.74 Å². The number of carbonyl (C=O) groups is 2. The fourth-order valence-electron chi connectivity index (χ4n) is 1.47. The first-order chi connectivity index (χ1) is 8.03. The lowest BCUT2D eigenvalue weighted by atomic mass is 10.1. The van der Waals surface area contributed by atoms with Gasteiger partial charge in [-0.15, -0.1) is 0 Å². The molecule has 1 rings (SSSR count). The van der Waals surface area contributed by atoms with Crippen molar-refractivity contribution in [2.75, 3.05) is 19.1 Å². The van der Waals surface area contributed by atoms with E-state index >= 15 is 0 Å². The zero-order valence-corrected chi connectivity index (χ0v) is 11.2. The highest BCUT2D eigenvalue weighted by Crippen LogP contribution is 2.43. The van der Waals surface area contributed by atoms with Crippen molar-refractivity contribution < 1.29 is 14.3 Å². The quantitative estimate of drug-likeness (QED) is 0.578. The van der Waals surface area contributed by atoms with E-state index in [1.807, 2.05) is 13.0 Å². The van der Waals surface area contributed by atoms with Crippen LogP contribution in [0.1, 0.15) is 17.3 Å². The summed E-state index contributed by atoms with van der Waals surface area (Å²) in [6.45, 7) is 2.25. The summed E-state index contributed by atoms with van der Waals surface area (Å²) in [5.41, 5.74) is 0.800. The molecule has 0 aliphatic rings. The van der Waals surface area contributed by atoms with Crippen LogP contribution in [-0.2, 0) is 9.53 Å². The number of hydrogen-bond donors (Lipinski definition) is 0. The average Bonchev–Trinajstić information content (AvgIpc) is 2.36. The second-order valence-corrected chi connectivity index (χ2v) is 7.70. The molecule has 1 unspecified atom stereocenters. The van der Waals surface area contributed by atoms with E-state index in [1.54, 1.807) is 36.8 Å². The Balaban J connectivity index is 3.00. The van der Waals surface area contributed by atoms with Crippen LogP contribution in [0, 0.1) is 0 Å². The Bertz CT molecular complexity index is 387. The van der Waals surface area contributed by atoms with Crippen LogP contribution in [0.25, 0.3) is 0 Å². The van der Waals surface area contributed by atoms with Crippen molar-refractivity contribution in [1.82, 2.24) is 0 Å². The highest BCUT2D eigenvalue weighted by atomic mass is 32.3. The first-order valence-corrected chi connectivity index (χ1v) is 7.98. The maximum Gasteiger partial charge on any atom is 0.200 e. The van der Waals surface area contributed by atoms with Crippen LogP contribution in [0.4, 0.5) is 0 Å². The van der Waals surface area contributed by atoms with E-state index in [-0.39, 0.29) is 5.78 Å². The molecule has 1 atom stereocenters. The largest absolute Gasteiger partial charge is 0.361 e. The van der Waals surface area contributed by atoms with Gasteiger partial charge in [0.05, 0.1) is 0 Å². The molecular weight excluding hydrogens is 236 g/mol. The highest BCUT2D eigenvalue weighted by Gasteiger charge is 2.32. The van der Waals surface area contributed by atoms with Gasteiger partial charge in [0.2, 0.25) is 5.78 Å². The normalized spacial score (nSPS) is 14.1. The van der Waals surface area contributed by atoms with Crippen LogP contribution in [-0.4, -0.2) is 36.0 Å². The zero-order valence-electron chi connectivity index (χ0n) is 10.4. The van der Waals surface area contributed by atoms with Gasteiger partial charge in [0.25, 0.3) is 0 Å². The molecule has 0 saturated heterocycles. The van der Waals surface area contributed by atoms with Gasteiger partial charge in [0.1, 0.15) is 0 Å². The van der Waals surface area contributed by atoms with Gasteiger partial charge in [-0.2, -0.15) is 10.0 Å². The minimum Gasteiger partial charge on any atom is -0.361 e. The van der Waals surface area contributed by atoms with E-state index in [1.165, 1.54) is 0 Å². The Hall–Kier alpha value is -1.13. The number of hydrogen-bond acceptors (Lipinski definition) is 3. The van der Waals surface area contributed by atoms with Crippen molar-refractivity contribution in [3.8, 4) is 0 Å². The molecule has 1 aromatic rings. The van der Waals surface area contributed by atoms with Gasteiger partial charge in [-0.05, 0) is 19.4 Å². The molecule has 0 aromatic heterocycles. The lowest BCUT2D eigenvalue weighted by Gasteiger charge is -2.32. The number of carbonyl (C=O) groups excluding carboxylic acids is 2. The molecule has 0 radical (unpaired) electrons. The van der Waals surface area contributed by atoms with E-state index < -0.39 is 15.5 Å². The van der Waals surface area contributed by atoms with Gasteiger partial charge < -0.3 is 4.74 Å². The van der Waals surface area contributed by atoms with Crippen LogP contribution in [0.2, 0.25) is 0 Å². The molecule has 0 aliphatic carbocycles. The average molecular weight is 254 g/mol. The second kappa shape index (κ2) is 5.98. The molecule has 17 heavy (non-hydrogen) atoms. The zero-order chi connectivity index (χ0) is 12.9. The topological polar surface area (TPSA) is 43.4 Å². The number of benzene rings is 1. The first-order valence-electron chi connectivity index (χ1n) is 5.41. The maximum absolute atomic E-state index is 12.3. The lowest BCUT2D eigenvalue weighted by Crippen LogP contribution is -2.30. The molecule has 0 heterocycles. The molecule has 0 amide bonds. The Kier molecular flexibility index (Phi) is 4.90. The van der Waals surface area contributed by atoms with Crippen LogP contribution in [0.5, 0.6) is 0 Å². The molecular formula is C13H18O3S. The molecule has 0 fully saturated rings. The Morgan fingerprint density at radius 3 is 2.41 bits per heavy atom. The predicted octanol–water partition coefficient (Wildman–Crippen LogP) is 2.49. The number of Topliss-reactive ketones (excluding diaryl/α,β-unsaturated/α-hetero) is 1. The van der Waals surface area contributed by atoms with E-state index in [0.717, 1.165) is 5.62 Å². The van der Waals surface area contributed by atoms with Gasteiger partial charge >= 0.3 is 0 Å². The van der Waals surface area contributed by atoms with Gasteiger partial charge in [0, 0.05) is 12.2 Å². The van der Waals surface area contributed by atoms with Crippen LogP contribution in [0.3, 0.4) is 0 Å². The van der Waals surface area contributed by atoms with E-state index in [2.05, 4.69) is 0 Å². The maximum atomic E-state index is 12.3. The van der Waals surface area contributed by atoms with E-state index in [0.29, 0.717) is 12.2 Å². The summed E-state index contributed by atoms with van der Waals surface area (Å²) in [4.78, 5) is 23.4. The molecule has 3 nitrogen and oxygen atoms in total. The minimum atomic E-state index is -1.72. The summed E-state index contributed by atoms with van der Waals surface area (Å²) in [6, 6.07) is 8.95. The summed E-state index contributed by atoms with van der Waals surface area (Å²) in [7, 11) is -1.72. The third-order valence-electron chi connectivity index (χ3n) is 2.39. The van der Waals surface area contributed by atoms with Crippen molar-refractivity contribution in [1.29, 1.82) is 0 Å². The fourth-order valence-corrected chi connectivity index (χ4v) is 2.74. The molecule has 0 saturated carbocycles. The van der Waals surface area contributed by atoms with Gasteiger partial charge in [-0.1, -0.05) is 30.3 Å². The van der Waals surface area contributed by atoms with Crippen LogP contribution >= 0.6 is 10.0 Å². The SMILES string of the molecule is CCOC(C(=O)c1ccccc1)S(C)(C)C=O. The van der Waals surface area contributed by atoms with Crippen molar-refractivity contribution in [2.24, 2.45) is 0 Å². The Morgan fingerprint density at radius 1 is 1.35 bits per heavy atom. The molecule has 0 aliphatic heterocycles. The standard InChI is InChI=1S/C13H18O3S/c1-4-16-13(17(2,3)10-14)12(15)11-8-6-5-7-9-11/h5-10,13H,4H2,1-3H3. The second-order valence-electron chi connectivity index (χ2n) is 4.10. The Labute approximate surface area is 103 Å². The highest BCUT2D eigenvalue weighted by molar-refractivity contribution is 8.43. The minimum absolute atomic E-state index is 0.112. The molecule has 1 aromatic carbocycles. The van der Waals surface area contributed by atoms with Crippen LogP contribution in [0.15, 0.2) is 30.3 Å². The van der Waals surface area contributed by atoms with Crippen molar-refractivity contribution >= 4 is 21.4 Å². The molecule has 0 spiro atoms. The summed E-state index contributed by atoms with van der Waals surface area (Å²) >= 11 is 0. The number of ether oxygens (including phenoxy) is 1. The molecule has 0 N–H and O–H groups in total.